The second kappa shape index (κ2) is 10.1. The minimum Gasteiger partial charge on any atom is -0.507 e. The molecule has 192 valence electrons. The lowest BCUT2D eigenvalue weighted by molar-refractivity contribution is -0.132. The van der Waals surface area contributed by atoms with Crippen LogP contribution in [0.5, 0.6) is 11.5 Å². The van der Waals surface area contributed by atoms with Gasteiger partial charge >= 0.3 is 11.9 Å². The van der Waals surface area contributed by atoms with Crippen LogP contribution in [0.15, 0.2) is 42.0 Å². The van der Waals surface area contributed by atoms with E-state index in [0.717, 1.165) is 22.5 Å². The summed E-state index contributed by atoms with van der Waals surface area (Å²) >= 11 is 0.933. The molecule has 1 N–H and O–H groups in total. The minimum atomic E-state index is -1.05. The zero-order valence-electron chi connectivity index (χ0n) is 21.2. The van der Waals surface area contributed by atoms with Crippen molar-refractivity contribution >= 4 is 39.9 Å². The quantitative estimate of drug-likeness (QED) is 0.218. The summed E-state index contributed by atoms with van der Waals surface area (Å²) in [5, 5.41) is 11.6. The van der Waals surface area contributed by atoms with Gasteiger partial charge in [-0.05, 0) is 50.1 Å². The van der Waals surface area contributed by atoms with Crippen molar-refractivity contribution in [3.63, 3.8) is 0 Å². The standard InChI is InChI=1S/C27H26N2O7S/c1-13-7-8-14(2)17(11-13)22(30)20-21(16-9-10-18(34-4)19(12-16)35-5)29(25(32)23(20)31)27-28-15(3)24(37-27)26(33)36-6/h7-12,21,30H,1-6H3/b22-20+. The first-order valence-corrected chi connectivity index (χ1v) is 12.1. The van der Waals surface area contributed by atoms with Gasteiger partial charge in [-0.25, -0.2) is 9.78 Å². The van der Waals surface area contributed by atoms with Crippen LogP contribution in [0.25, 0.3) is 5.76 Å². The molecule has 0 bridgehead atoms. The zero-order valence-corrected chi connectivity index (χ0v) is 22.1. The Kier molecular flexibility index (Phi) is 7.04. The topological polar surface area (TPSA) is 115 Å². The molecule has 9 nitrogen and oxygen atoms in total. The van der Waals surface area contributed by atoms with E-state index in [2.05, 4.69) is 4.98 Å². The lowest BCUT2D eigenvalue weighted by Gasteiger charge is -2.24. The van der Waals surface area contributed by atoms with Crippen molar-refractivity contribution in [3.05, 3.63) is 74.8 Å². The van der Waals surface area contributed by atoms with Gasteiger partial charge in [-0.3, -0.25) is 14.5 Å². The van der Waals surface area contributed by atoms with Crippen LogP contribution in [0.3, 0.4) is 0 Å². The lowest BCUT2D eigenvalue weighted by Crippen LogP contribution is -2.29. The second-order valence-electron chi connectivity index (χ2n) is 8.50. The van der Waals surface area contributed by atoms with Gasteiger partial charge in [0.2, 0.25) is 0 Å². The minimum absolute atomic E-state index is 0.0987. The first-order valence-electron chi connectivity index (χ1n) is 11.3. The van der Waals surface area contributed by atoms with Crippen molar-refractivity contribution in [1.29, 1.82) is 0 Å². The van der Waals surface area contributed by atoms with Crippen LogP contribution in [0, 0.1) is 20.8 Å². The molecule has 0 radical (unpaired) electrons. The van der Waals surface area contributed by atoms with Crippen molar-refractivity contribution in [1.82, 2.24) is 4.98 Å². The summed E-state index contributed by atoms with van der Waals surface area (Å²) in [6.45, 7) is 5.29. The van der Waals surface area contributed by atoms with Crippen molar-refractivity contribution in [2.75, 3.05) is 26.2 Å². The summed E-state index contributed by atoms with van der Waals surface area (Å²) in [5.41, 5.74) is 2.79. The number of hydrogen-bond acceptors (Lipinski definition) is 9. The molecule has 3 aromatic rings. The zero-order chi connectivity index (χ0) is 27.0. The number of anilines is 1. The van der Waals surface area contributed by atoms with Crippen LogP contribution < -0.4 is 14.4 Å². The number of aliphatic hydroxyl groups excluding tert-OH is 1. The summed E-state index contributed by atoms with van der Waals surface area (Å²) in [4.78, 5) is 45.0. The molecule has 1 saturated heterocycles. The molecule has 1 aromatic heterocycles. The molecule has 1 aliphatic rings. The number of carbonyl (C=O) groups is 3. The Hall–Kier alpha value is -4.18. The average molecular weight is 523 g/mol. The molecule has 1 amide bonds. The summed E-state index contributed by atoms with van der Waals surface area (Å²) in [6, 6.07) is 9.41. The highest BCUT2D eigenvalue weighted by Gasteiger charge is 2.48. The smallest absolute Gasteiger partial charge is 0.350 e. The summed E-state index contributed by atoms with van der Waals surface area (Å²) in [6.07, 6.45) is 0. The van der Waals surface area contributed by atoms with E-state index >= 15 is 0 Å². The number of methoxy groups -OCH3 is 3. The van der Waals surface area contributed by atoms with Crippen LogP contribution >= 0.6 is 11.3 Å². The number of aryl methyl sites for hydroxylation is 3. The fraction of sp³-hybridized carbons (Fsp3) is 0.259. The predicted octanol–water partition coefficient (Wildman–Crippen LogP) is 4.50. The average Bonchev–Trinajstić information content (AvgIpc) is 3.40. The van der Waals surface area contributed by atoms with E-state index in [4.69, 9.17) is 14.2 Å². The van der Waals surface area contributed by atoms with Crippen molar-refractivity contribution in [2.45, 2.75) is 26.8 Å². The largest absolute Gasteiger partial charge is 0.507 e. The summed E-state index contributed by atoms with van der Waals surface area (Å²) < 4.78 is 15.6. The van der Waals surface area contributed by atoms with E-state index in [9.17, 15) is 19.5 Å². The molecule has 0 aliphatic carbocycles. The maximum absolute atomic E-state index is 13.5. The van der Waals surface area contributed by atoms with Gasteiger partial charge in [0.25, 0.3) is 5.78 Å². The van der Waals surface area contributed by atoms with E-state index in [1.54, 1.807) is 31.2 Å². The van der Waals surface area contributed by atoms with Crippen molar-refractivity contribution in [3.8, 4) is 11.5 Å². The van der Waals surface area contributed by atoms with Gasteiger partial charge in [0.15, 0.2) is 16.6 Å². The number of rotatable bonds is 6. The highest BCUT2D eigenvalue weighted by Crippen LogP contribution is 2.45. The fourth-order valence-electron chi connectivity index (χ4n) is 4.27. The third kappa shape index (κ3) is 4.44. The fourth-order valence-corrected chi connectivity index (χ4v) is 5.28. The van der Waals surface area contributed by atoms with E-state index < -0.39 is 23.7 Å². The van der Waals surface area contributed by atoms with E-state index in [-0.39, 0.29) is 21.3 Å². The van der Waals surface area contributed by atoms with Crippen molar-refractivity contribution < 1.29 is 33.7 Å². The molecule has 37 heavy (non-hydrogen) atoms. The first kappa shape index (κ1) is 25.9. The molecule has 1 aliphatic heterocycles. The number of ether oxygens (including phenoxy) is 3. The Morgan fingerprint density at radius 1 is 1.00 bits per heavy atom. The Labute approximate surface area is 217 Å². The molecule has 1 atom stereocenters. The van der Waals surface area contributed by atoms with Crippen LogP contribution in [-0.4, -0.2) is 49.1 Å². The number of ketones is 1. The van der Waals surface area contributed by atoms with Gasteiger partial charge in [0, 0.05) is 5.56 Å². The van der Waals surface area contributed by atoms with Gasteiger partial charge in [0.1, 0.15) is 10.6 Å². The second-order valence-corrected chi connectivity index (χ2v) is 9.48. The summed E-state index contributed by atoms with van der Waals surface area (Å²) in [7, 11) is 4.22. The number of hydrogen-bond donors (Lipinski definition) is 1. The Morgan fingerprint density at radius 2 is 1.70 bits per heavy atom. The molecule has 1 fully saturated rings. The number of aliphatic hydroxyl groups is 1. The normalized spacial score (nSPS) is 16.7. The van der Waals surface area contributed by atoms with Gasteiger partial charge in [-0.2, -0.15) is 0 Å². The number of benzene rings is 2. The van der Waals surface area contributed by atoms with Crippen LogP contribution in [0.4, 0.5) is 5.13 Å². The number of aromatic nitrogens is 1. The number of thiazole rings is 1. The lowest BCUT2D eigenvalue weighted by atomic mass is 9.93. The van der Waals surface area contributed by atoms with E-state index in [1.807, 2.05) is 26.0 Å². The first-order chi connectivity index (χ1) is 17.6. The highest BCUT2D eigenvalue weighted by molar-refractivity contribution is 7.17. The van der Waals surface area contributed by atoms with Crippen LogP contribution in [-0.2, 0) is 14.3 Å². The van der Waals surface area contributed by atoms with Crippen molar-refractivity contribution in [2.24, 2.45) is 0 Å². The number of carbonyl (C=O) groups excluding carboxylic acids is 3. The van der Waals surface area contributed by atoms with Gasteiger partial charge in [0.05, 0.1) is 38.6 Å². The Morgan fingerprint density at radius 3 is 2.35 bits per heavy atom. The maximum Gasteiger partial charge on any atom is 0.350 e. The van der Waals surface area contributed by atoms with Gasteiger partial charge in [-0.1, -0.05) is 35.1 Å². The SMILES string of the molecule is COC(=O)c1sc(N2C(=O)C(=O)/C(=C(/O)c3cc(C)ccc3C)C2c2ccc(OC)c(OC)c2)nc1C. The molecule has 1 unspecified atom stereocenters. The predicted molar refractivity (Wildman–Crippen MR) is 138 cm³/mol. The molecule has 2 aromatic carbocycles. The number of esters is 1. The van der Waals surface area contributed by atoms with E-state index in [0.29, 0.717) is 28.3 Å². The Balaban J connectivity index is 2.00. The molecule has 0 spiro atoms. The summed E-state index contributed by atoms with van der Waals surface area (Å²) in [5.74, 6) is -1.82. The van der Waals surface area contributed by atoms with E-state index in [1.165, 1.54) is 26.2 Å². The van der Waals surface area contributed by atoms with Crippen LogP contribution in [0.2, 0.25) is 0 Å². The monoisotopic (exact) mass is 522 g/mol. The number of amides is 1. The van der Waals surface area contributed by atoms with Gasteiger partial charge in [-0.15, -0.1) is 0 Å². The number of nitrogens with zero attached hydrogens (tertiary/aromatic N) is 2. The highest BCUT2D eigenvalue weighted by atomic mass is 32.1. The molecular weight excluding hydrogens is 496 g/mol. The molecule has 10 heteroatoms. The molecule has 4 rings (SSSR count). The third-order valence-electron chi connectivity index (χ3n) is 6.18. The third-order valence-corrected chi connectivity index (χ3v) is 7.31. The Bertz CT molecular complexity index is 1460. The van der Waals surface area contributed by atoms with Gasteiger partial charge < -0.3 is 19.3 Å². The number of Topliss-reactive ketones (excluding diaryl/α,β-unsaturated/α-hetero) is 1. The maximum atomic E-state index is 13.5. The molecule has 0 saturated carbocycles. The molecule has 2 heterocycles. The molecular formula is C27H26N2O7S. The van der Waals surface area contributed by atoms with Crippen LogP contribution in [0.1, 0.15) is 43.7 Å².